The van der Waals surface area contributed by atoms with Crippen LogP contribution in [0.4, 0.5) is 0 Å². The van der Waals surface area contributed by atoms with E-state index < -0.39 is 23.1 Å². The van der Waals surface area contributed by atoms with Crippen molar-refractivity contribution in [3.8, 4) is 17.2 Å². The van der Waals surface area contributed by atoms with Crippen LogP contribution in [0.3, 0.4) is 0 Å². The molecule has 8 heteroatoms. The van der Waals surface area contributed by atoms with Gasteiger partial charge >= 0.3 is 0 Å². The van der Waals surface area contributed by atoms with Crippen molar-refractivity contribution in [2.45, 2.75) is 33.2 Å². The van der Waals surface area contributed by atoms with Gasteiger partial charge in [0.1, 0.15) is 0 Å². The van der Waals surface area contributed by atoms with Gasteiger partial charge in [-0.2, -0.15) is 0 Å². The molecule has 1 aromatic carbocycles. The lowest BCUT2D eigenvalue weighted by molar-refractivity contribution is -0.129. The monoisotopic (exact) mass is 434 g/mol. The van der Waals surface area contributed by atoms with Crippen molar-refractivity contribution in [3.63, 3.8) is 0 Å². The Bertz CT molecular complexity index is 844. The fourth-order valence-electron chi connectivity index (χ4n) is 3.68. The molecule has 0 radical (unpaired) electrons. The SMILES string of the molecule is COc1cc(C2C(C(=O)C(C)(C)C)=C(O)C(=O)N2CCCN(C)C)cc(OC)c1OC. The van der Waals surface area contributed by atoms with E-state index >= 15 is 0 Å². The summed E-state index contributed by atoms with van der Waals surface area (Å²) in [6, 6.07) is 2.68. The summed E-state index contributed by atoms with van der Waals surface area (Å²) in [5.41, 5.74) is -0.0803. The molecule has 1 heterocycles. The summed E-state index contributed by atoms with van der Waals surface area (Å²) in [6.45, 7) is 6.43. The van der Waals surface area contributed by atoms with Crippen LogP contribution in [0.15, 0.2) is 23.5 Å². The van der Waals surface area contributed by atoms with Crippen molar-refractivity contribution < 1.29 is 28.9 Å². The zero-order valence-electron chi connectivity index (χ0n) is 19.7. The second-order valence-corrected chi connectivity index (χ2v) is 8.86. The van der Waals surface area contributed by atoms with E-state index in [1.807, 2.05) is 19.0 Å². The van der Waals surface area contributed by atoms with Crippen molar-refractivity contribution in [1.82, 2.24) is 9.80 Å². The number of methoxy groups -OCH3 is 3. The Morgan fingerprint density at radius 2 is 1.65 bits per heavy atom. The second-order valence-electron chi connectivity index (χ2n) is 8.86. The number of amides is 1. The van der Waals surface area contributed by atoms with Crippen LogP contribution in [0.2, 0.25) is 0 Å². The highest BCUT2D eigenvalue weighted by atomic mass is 16.5. The number of benzene rings is 1. The van der Waals surface area contributed by atoms with Crippen molar-refractivity contribution >= 4 is 11.7 Å². The van der Waals surface area contributed by atoms with Gasteiger partial charge in [0.15, 0.2) is 23.0 Å². The van der Waals surface area contributed by atoms with Crippen LogP contribution in [0.5, 0.6) is 17.2 Å². The number of ether oxygens (including phenoxy) is 3. The molecule has 1 amide bonds. The fourth-order valence-corrected chi connectivity index (χ4v) is 3.68. The smallest absolute Gasteiger partial charge is 0.290 e. The Kier molecular flexibility index (Phi) is 7.59. The van der Waals surface area contributed by atoms with Crippen LogP contribution in [-0.4, -0.2) is 75.1 Å². The van der Waals surface area contributed by atoms with E-state index in [4.69, 9.17) is 14.2 Å². The summed E-state index contributed by atoms with van der Waals surface area (Å²) in [4.78, 5) is 29.8. The molecule has 1 N–H and O–H groups in total. The summed E-state index contributed by atoms with van der Waals surface area (Å²) in [5, 5.41) is 10.7. The van der Waals surface area contributed by atoms with Gasteiger partial charge in [-0.3, -0.25) is 9.59 Å². The highest BCUT2D eigenvalue weighted by Gasteiger charge is 2.46. The highest BCUT2D eigenvalue weighted by Crippen LogP contribution is 2.46. The van der Waals surface area contributed by atoms with Gasteiger partial charge in [0.05, 0.1) is 32.9 Å². The first-order valence-electron chi connectivity index (χ1n) is 10.2. The molecule has 0 fully saturated rings. The largest absolute Gasteiger partial charge is 0.503 e. The first-order chi connectivity index (χ1) is 14.5. The average molecular weight is 435 g/mol. The van der Waals surface area contributed by atoms with E-state index in [9.17, 15) is 14.7 Å². The van der Waals surface area contributed by atoms with Crippen molar-refractivity contribution in [2.75, 3.05) is 48.5 Å². The molecule has 1 aliphatic rings. The second kappa shape index (κ2) is 9.60. The number of hydrogen-bond acceptors (Lipinski definition) is 7. The Morgan fingerprint density at radius 3 is 2.06 bits per heavy atom. The predicted molar refractivity (Wildman–Crippen MR) is 118 cm³/mol. The van der Waals surface area contributed by atoms with Gasteiger partial charge < -0.3 is 29.1 Å². The van der Waals surface area contributed by atoms with Gasteiger partial charge in [-0.1, -0.05) is 20.8 Å². The van der Waals surface area contributed by atoms with Gasteiger partial charge in [0, 0.05) is 12.0 Å². The molecule has 0 saturated carbocycles. The van der Waals surface area contributed by atoms with Crippen molar-refractivity contribution in [2.24, 2.45) is 5.41 Å². The van der Waals surface area contributed by atoms with Gasteiger partial charge in [0.25, 0.3) is 5.91 Å². The number of Topliss-reactive ketones (excluding diaryl/α,β-unsaturated/α-hetero) is 1. The molecule has 2 rings (SSSR count). The lowest BCUT2D eigenvalue weighted by Gasteiger charge is -2.30. The first-order valence-corrected chi connectivity index (χ1v) is 10.2. The summed E-state index contributed by atoms with van der Waals surface area (Å²) in [5.74, 6) is -0.104. The topological polar surface area (TPSA) is 88.5 Å². The summed E-state index contributed by atoms with van der Waals surface area (Å²) < 4.78 is 16.3. The number of nitrogens with zero attached hydrogens (tertiary/aromatic N) is 2. The third kappa shape index (κ3) is 4.95. The predicted octanol–water partition coefficient (Wildman–Crippen LogP) is 2.97. The Morgan fingerprint density at radius 1 is 1.10 bits per heavy atom. The van der Waals surface area contributed by atoms with Gasteiger partial charge in [-0.15, -0.1) is 0 Å². The first kappa shape index (κ1) is 24.5. The minimum Gasteiger partial charge on any atom is -0.503 e. The Labute approximate surface area is 184 Å². The van der Waals surface area contributed by atoms with Crippen LogP contribution < -0.4 is 14.2 Å². The van der Waals surface area contributed by atoms with E-state index in [-0.39, 0.29) is 11.4 Å². The molecule has 1 atom stereocenters. The van der Waals surface area contributed by atoms with E-state index in [0.717, 1.165) is 6.54 Å². The number of carbonyl (C=O) groups excluding carboxylic acids is 2. The van der Waals surface area contributed by atoms with E-state index in [1.165, 1.54) is 21.3 Å². The number of ketones is 1. The summed E-state index contributed by atoms with van der Waals surface area (Å²) in [6.07, 6.45) is 0.684. The quantitative estimate of drug-likeness (QED) is 0.639. The Hall–Kier alpha value is -2.74. The van der Waals surface area contributed by atoms with Crippen LogP contribution in [-0.2, 0) is 9.59 Å². The lowest BCUT2D eigenvalue weighted by atomic mass is 9.82. The fraction of sp³-hybridized carbons (Fsp3) is 0.565. The molecule has 31 heavy (non-hydrogen) atoms. The zero-order valence-corrected chi connectivity index (χ0v) is 19.7. The maximum atomic E-state index is 13.3. The minimum absolute atomic E-state index is 0.0941. The molecule has 0 spiro atoms. The number of hydrogen-bond donors (Lipinski definition) is 1. The summed E-state index contributed by atoms with van der Waals surface area (Å²) in [7, 11) is 8.42. The molecular formula is C23H34N2O6. The van der Waals surface area contributed by atoms with Gasteiger partial charge in [-0.25, -0.2) is 0 Å². The number of rotatable bonds is 9. The molecule has 1 aromatic rings. The number of aliphatic hydroxyl groups excluding tert-OH is 1. The molecule has 8 nitrogen and oxygen atoms in total. The van der Waals surface area contributed by atoms with Crippen molar-refractivity contribution in [3.05, 3.63) is 29.0 Å². The molecule has 0 saturated heterocycles. The highest BCUT2D eigenvalue weighted by molar-refractivity contribution is 6.10. The molecule has 1 aliphatic heterocycles. The van der Waals surface area contributed by atoms with Gasteiger partial charge in [0.2, 0.25) is 5.75 Å². The minimum atomic E-state index is -0.776. The average Bonchev–Trinajstić information content (AvgIpc) is 2.95. The maximum absolute atomic E-state index is 13.3. The van der Waals surface area contributed by atoms with E-state index in [1.54, 1.807) is 37.8 Å². The zero-order chi connectivity index (χ0) is 23.5. The molecule has 0 aliphatic carbocycles. The third-order valence-corrected chi connectivity index (χ3v) is 5.24. The van der Waals surface area contributed by atoms with Crippen LogP contribution in [0, 0.1) is 5.41 Å². The molecule has 0 bridgehead atoms. The molecule has 0 aromatic heterocycles. The molecular weight excluding hydrogens is 400 g/mol. The lowest BCUT2D eigenvalue weighted by Crippen LogP contribution is -2.34. The van der Waals surface area contributed by atoms with Crippen LogP contribution >= 0.6 is 0 Å². The normalized spacial score (nSPS) is 16.9. The van der Waals surface area contributed by atoms with Crippen LogP contribution in [0.1, 0.15) is 38.8 Å². The standard InChI is InChI=1S/C23H34N2O6/c1-23(2,3)21(27)17-18(25(22(28)19(17)26)11-9-10-24(4)5)14-12-15(29-6)20(31-8)16(13-14)30-7/h12-13,18,26H,9-11H2,1-8H3. The number of aliphatic hydroxyl groups is 1. The molecule has 172 valence electrons. The number of carbonyl (C=O) groups is 2. The van der Waals surface area contributed by atoms with Gasteiger partial charge in [-0.05, 0) is 44.8 Å². The van der Waals surface area contributed by atoms with E-state index in [0.29, 0.717) is 35.8 Å². The van der Waals surface area contributed by atoms with Crippen LogP contribution in [0.25, 0.3) is 0 Å². The molecule has 1 unspecified atom stereocenters. The van der Waals surface area contributed by atoms with Crippen molar-refractivity contribution in [1.29, 1.82) is 0 Å². The summed E-state index contributed by atoms with van der Waals surface area (Å²) >= 11 is 0. The third-order valence-electron chi connectivity index (χ3n) is 5.24. The van der Waals surface area contributed by atoms with E-state index in [2.05, 4.69) is 0 Å². The maximum Gasteiger partial charge on any atom is 0.290 e. The Balaban J connectivity index is 2.65.